The largest absolute Gasteiger partial charge is 0.508 e. The molecule has 0 aliphatic carbocycles. The fourth-order valence-electron chi connectivity index (χ4n) is 2.31. The summed E-state index contributed by atoms with van der Waals surface area (Å²) >= 11 is 0. The van der Waals surface area contributed by atoms with Crippen molar-refractivity contribution in [1.29, 1.82) is 0 Å². The third-order valence-electron chi connectivity index (χ3n) is 3.54. The molecule has 0 atom stereocenters. The van der Waals surface area contributed by atoms with Gasteiger partial charge in [0.05, 0.1) is 11.6 Å². The van der Waals surface area contributed by atoms with Gasteiger partial charge in [-0.05, 0) is 26.2 Å². The van der Waals surface area contributed by atoms with Crippen molar-refractivity contribution in [2.24, 2.45) is 7.05 Å². The van der Waals surface area contributed by atoms with E-state index >= 15 is 0 Å². The number of anilines is 3. The van der Waals surface area contributed by atoms with Gasteiger partial charge in [0, 0.05) is 31.9 Å². The molecule has 2 aromatic heterocycles. The summed E-state index contributed by atoms with van der Waals surface area (Å²) in [4.78, 5) is 11.2. The average molecular weight is 327 g/mol. The zero-order chi connectivity index (χ0) is 17.1. The van der Waals surface area contributed by atoms with Crippen molar-refractivity contribution in [1.82, 2.24) is 24.6 Å². The molecule has 0 aliphatic rings. The van der Waals surface area contributed by atoms with E-state index in [1.54, 1.807) is 29.1 Å². The Kier molecular flexibility index (Phi) is 4.48. The summed E-state index contributed by atoms with van der Waals surface area (Å²) < 4.78 is 1.71. The fraction of sp³-hybridized carbons (Fsp3) is 0.312. The molecule has 0 bridgehead atoms. The number of benzene rings is 1. The number of phenols is 1. The molecule has 0 saturated carbocycles. The van der Waals surface area contributed by atoms with Gasteiger partial charge < -0.3 is 20.6 Å². The second kappa shape index (κ2) is 6.71. The van der Waals surface area contributed by atoms with Gasteiger partial charge in [-0.2, -0.15) is 15.1 Å². The molecule has 3 N–H and O–H groups in total. The molecule has 0 unspecified atom stereocenters. The van der Waals surface area contributed by atoms with Gasteiger partial charge in [0.25, 0.3) is 0 Å². The van der Waals surface area contributed by atoms with E-state index in [2.05, 4.69) is 30.6 Å². The zero-order valence-electron chi connectivity index (χ0n) is 14.0. The maximum atomic E-state index is 9.62. The summed E-state index contributed by atoms with van der Waals surface area (Å²) in [6.45, 7) is 1.62. The third kappa shape index (κ3) is 3.54. The van der Waals surface area contributed by atoms with Crippen LogP contribution < -0.4 is 10.6 Å². The number of rotatable bonds is 6. The standard InChI is InChI=1S/C16H21N7O/c1-22(2)8-7-17-16-20-14(13-10-18-23(3)15(13)21-16)19-11-5-4-6-12(24)9-11/h4-6,9-10,24H,7-8H2,1-3H3,(H2,17,19,20,21). The summed E-state index contributed by atoms with van der Waals surface area (Å²) in [5.74, 6) is 1.38. The Morgan fingerprint density at radius 1 is 1.25 bits per heavy atom. The van der Waals surface area contributed by atoms with Crippen LogP contribution in [0.1, 0.15) is 0 Å². The quantitative estimate of drug-likeness (QED) is 0.636. The maximum Gasteiger partial charge on any atom is 0.226 e. The summed E-state index contributed by atoms with van der Waals surface area (Å²) in [5.41, 5.74) is 1.48. The minimum Gasteiger partial charge on any atom is -0.508 e. The monoisotopic (exact) mass is 327 g/mol. The average Bonchev–Trinajstić information content (AvgIpc) is 2.89. The van der Waals surface area contributed by atoms with Crippen molar-refractivity contribution in [3.63, 3.8) is 0 Å². The van der Waals surface area contributed by atoms with Gasteiger partial charge in [-0.3, -0.25) is 4.68 Å². The van der Waals surface area contributed by atoms with E-state index in [0.29, 0.717) is 11.8 Å². The molecule has 1 aromatic carbocycles. The predicted octanol–water partition coefficient (Wildman–Crippen LogP) is 1.79. The van der Waals surface area contributed by atoms with Crippen molar-refractivity contribution in [3.05, 3.63) is 30.5 Å². The Morgan fingerprint density at radius 2 is 2.08 bits per heavy atom. The minimum atomic E-state index is 0.195. The van der Waals surface area contributed by atoms with E-state index in [1.165, 1.54) is 0 Å². The van der Waals surface area contributed by atoms with E-state index in [4.69, 9.17) is 0 Å². The number of aryl methyl sites for hydroxylation is 1. The Bertz CT molecular complexity index is 844. The number of hydrogen-bond donors (Lipinski definition) is 3. The number of phenolic OH excluding ortho intramolecular Hbond substituents is 1. The number of nitrogens with one attached hydrogen (secondary N) is 2. The van der Waals surface area contributed by atoms with Crippen molar-refractivity contribution in [2.75, 3.05) is 37.8 Å². The van der Waals surface area contributed by atoms with Crippen LogP contribution >= 0.6 is 0 Å². The predicted molar refractivity (Wildman–Crippen MR) is 94.7 cm³/mol. The molecule has 0 saturated heterocycles. The number of aromatic hydroxyl groups is 1. The van der Waals surface area contributed by atoms with Crippen molar-refractivity contribution in [2.45, 2.75) is 0 Å². The van der Waals surface area contributed by atoms with Crippen LogP contribution in [0.5, 0.6) is 5.75 Å². The lowest BCUT2D eigenvalue weighted by molar-refractivity contribution is 0.425. The highest BCUT2D eigenvalue weighted by Gasteiger charge is 2.12. The number of aromatic nitrogens is 4. The highest BCUT2D eigenvalue weighted by Crippen LogP contribution is 2.26. The molecule has 0 fully saturated rings. The molecular formula is C16H21N7O. The van der Waals surface area contributed by atoms with Crippen LogP contribution in [0.15, 0.2) is 30.5 Å². The molecular weight excluding hydrogens is 306 g/mol. The molecule has 2 heterocycles. The topological polar surface area (TPSA) is 91.1 Å². The summed E-state index contributed by atoms with van der Waals surface area (Å²) in [5, 5.41) is 21.2. The lowest BCUT2D eigenvalue weighted by Crippen LogP contribution is -2.21. The molecule has 126 valence electrons. The molecule has 3 rings (SSSR count). The summed E-state index contributed by atoms with van der Waals surface area (Å²) in [7, 11) is 5.88. The van der Waals surface area contributed by atoms with Gasteiger partial charge in [0.2, 0.25) is 5.95 Å². The van der Waals surface area contributed by atoms with Crippen LogP contribution in [0.4, 0.5) is 17.5 Å². The highest BCUT2D eigenvalue weighted by molar-refractivity contribution is 5.89. The lowest BCUT2D eigenvalue weighted by atomic mass is 10.3. The smallest absolute Gasteiger partial charge is 0.226 e. The van der Waals surface area contributed by atoms with E-state index in [1.807, 2.05) is 27.2 Å². The summed E-state index contributed by atoms with van der Waals surface area (Å²) in [6.07, 6.45) is 1.73. The second-order valence-corrected chi connectivity index (χ2v) is 5.81. The van der Waals surface area contributed by atoms with Crippen LogP contribution in [-0.4, -0.2) is 56.9 Å². The SMILES string of the molecule is CN(C)CCNc1nc(Nc2cccc(O)c2)c2cnn(C)c2n1. The normalized spacial score (nSPS) is 11.2. The Balaban J connectivity index is 1.92. The van der Waals surface area contributed by atoms with Crippen molar-refractivity contribution < 1.29 is 5.11 Å². The van der Waals surface area contributed by atoms with E-state index in [-0.39, 0.29) is 5.75 Å². The Labute approximate surface area is 140 Å². The van der Waals surface area contributed by atoms with Crippen molar-refractivity contribution >= 4 is 28.5 Å². The number of likely N-dealkylation sites (N-methyl/N-ethyl adjacent to an activating group) is 1. The van der Waals surface area contributed by atoms with Gasteiger partial charge in [0.1, 0.15) is 11.6 Å². The zero-order valence-corrected chi connectivity index (χ0v) is 14.0. The van der Waals surface area contributed by atoms with Gasteiger partial charge in [-0.15, -0.1) is 0 Å². The first-order valence-electron chi connectivity index (χ1n) is 7.67. The molecule has 8 nitrogen and oxygen atoms in total. The Morgan fingerprint density at radius 3 is 2.83 bits per heavy atom. The van der Waals surface area contributed by atoms with Crippen LogP contribution in [0.25, 0.3) is 11.0 Å². The van der Waals surface area contributed by atoms with Gasteiger partial charge in [0.15, 0.2) is 5.65 Å². The number of hydrogen-bond acceptors (Lipinski definition) is 7. The van der Waals surface area contributed by atoms with Crippen LogP contribution in [0.2, 0.25) is 0 Å². The van der Waals surface area contributed by atoms with Crippen LogP contribution in [-0.2, 0) is 7.05 Å². The van der Waals surface area contributed by atoms with E-state index in [0.717, 1.165) is 29.8 Å². The molecule has 0 spiro atoms. The summed E-state index contributed by atoms with van der Waals surface area (Å²) in [6, 6.07) is 6.90. The molecule has 0 radical (unpaired) electrons. The third-order valence-corrected chi connectivity index (χ3v) is 3.54. The molecule has 8 heteroatoms. The minimum absolute atomic E-state index is 0.195. The molecule has 24 heavy (non-hydrogen) atoms. The van der Waals surface area contributed by atoms with Crippen LogP contribution in [0.3, 0.4) is 0 Å². The maximum absolute atomic E-state index is 9.62. The van der Waals surface area contributed by atoms with Crippen LogP contribution in [0, 0.1) is 0 Å². The lowest BCUT2D eigenvalue weighted by Gasteiger charge is -2.12. The first-order chi connectivity index (χ1) is 11.5. The number of fused-ring (bicyclic) bond motifs is 1. The first kappa shape index (κ1) is 16.0. The van der Waals surface area contributed by atoms with Gasteiger partial charge in [-0.1, -0.05) is 6.07 Å². The fourth-order valence-corrected chi connectivity index (χ4v) is 2.31. The van der Waals surface area contributed by atoms with E-state index in [9.17, 15) is 5.11 Å². The van der Waals surface area contributed by atoms with Crippen molar-refractivity contribution in [3.8, 4) is 5.75 Å². The molecule has 0 aliphatic heterocycles. The molecule has 3 aromatic rings. The second-order valence-electron chi connectivity index (χ2n) is 5.81. The first-order valence-corrected chi connectivity index (χ1v) is 7.67. The Hall–Kier alpha value is -2.87. The number of nitrogens with zero attached hydrogens (tertiary/aromatic N) is 5. The van der Waals surface area contributed by atoms with Gasteiger partial charge in [-0.25, -0.2) is 0 Å². The van der Waals surface area contributed by atoms with Gasteiger partial charge >= 0.3 is 0 Å². The molecule has 0 amide bonds. The highest BCUT2D eigenvalue weighted by atomic mass is 16.3. The van der Waals surface area contributed by atoms with E-state index < -0.39 is 0 Å².